The zero-order valence-electron chi connectivity index (χ0n) is 19.2. The van der Waals surface area contributed by atoms with E-state index in [2.05, 4.69) is 0 Å². The van der Waals surface area contributed by atoms with E-state index in [1.165, 1.54) is 4.31 Å². The number of anilines is 1. The van der Waals surface area contributed by atoms with Crippen LogP contribution >= 0.6 is 0 Å². The lowest BCUT2D eigenvalue weighted by molar-refractivity contribution is 0.307. The Bertz CT molecular complexity index is 1150. The lowest BCUT2D eigenvalue weighted by Crippen LogP contribution is -2.34. The van der Waals surface area contributed by atoms with Gasteiger partial charge in [-0.3, -0.25) is 4.31 Å². The summed E-state index contributed by atoms with van der Waals surface area (Å²) in [6.07, 6.45) is 4.04. The van der Waals surface area contributed by atoms with Crippen LogP contribution in [0.5, 0.6) is 5.75 Å². The van der Waals surface area contributed by atoms with Gasteiger partial charge in [-0.1, -0.05) is 74.5 Å². The Morgan fingerprint density at radius 3 is 2.28 bits per heavy atom. The van der Waals surface area contributed by atoms with Crippen LogP contribution in [0.1, 0.15) is 37.5 Å². The van der Waals surface area contributed by atoms with Crippen LogP contribution < -0.4 is 9.04 Å². The number of ether oxygens (including phenoxy) is 1. The van der Waals surface area contributed by atoms with Gasteiger partial charge >= 0.3 is 0 Å². The molecule has 3 aromatic rings. The van der Waals surface area contributed by atoms with Gasteiger partial charge < -0.3 is 4.74 Å². The van der Waals surface area contributed by atoms with Crippen molar-refractivity contribution in [3.8, 4) is 5.75 Å². The number of sulfonamides is 1. The topological polar surface area (TPSA) is 46.6 Å². The molecule has 0 aliphatic carbocycles. The van der Waals surface area contributed by atoms with E-state index in [0.717, 1.165) is 16.7 Å². The zero-order chi connectivity index (χ0) is 23.1. The highest BCUT2D eigenvalue weighted by atomic mass is 32.2. The van der Waals surface area contributed by atoms with E-state index < -0.39 is 10.0 Å². The SMILES string of the molecule is C/C=C/c1ccc(COc2ccc(C)cc2N(CC(C)C)S(=O)(=O)c2ccccc2)cc1. The summed E-state index contributed by atoms with van der Waals surface area (Å²) in [6, 6.07) is 22.4. The maximum absolute atomic E-state index is 13.6. The highest BCUT2D eigenvalue weighted by molar-refractivity contribution is 7.92. The maximum atomic E-state index is 13.6. The molecule has 0 saturated carbocycles. The van der Waals surface area contributed by atoms with Gasteiger partial charge in [0, 0.05) is 6.54 Å². The van der Waals surface area contributed by atoms with E-state index in [9.17, 15) is 8.42 Å². The Labute approximate surface area is 192 Å². The van der Waals surface area contributed by atoms with Gasteiger partial charge in [-0.25, -0.2) is 8.42 Å². The highest BCUT2D eigenvalue weighted by Crippen LogP contribution is 2.35. The van der Waals surface area contributed by atoms with Crippen LogP contribution in [-0.4, -0.2) is 15.0 Å². The molecule has 3 rings (SSSR count). The van der Waals surface area contributed by atoms with Crippen LogP contribution in [0.25, 0.3) is 6.08 Å². The molecule has 3 aromatic carbocycles. The van der Waals surface area contributed by atoms with Crippen molar-refractivity contribution in [2.45, 2.75) is 39.2 Å². The van der Waals surface area contributed by atoms with Crippen molar-refractivity contribution in [1.82, 2.24) is 0 Å². The Hall–Kier alpha value is -3.05. The molecule has 32 heavy (non-hydrogen) atoms. The predicted octanol–water partition coefficient (Wildman–Crippen LogP) is 6.46. The van der Waals surface area contributed by atoms with Gasteiger partial charge in [-0.15, -0.1) is 0 Å². The second kappa shape index (κ2) is 10.5. The predicted molar refractivity (Wildman–Crippen MR) is 132 cm³/mol. The van der Waals surface area contributed by atoms with Crippen molar-refractivity contribution >= 4 is 21.8 Å². The van der Waals surface area contributed by atoms with Gasteiger partial charge in [0.2, 0.25) is 0 Å². The first-order valence-electron chi connectivity index (χ1n) is 10.8. The molecule has 0 N–H and O–H groups in total. The van der Waals surface area contributed by atoms with Crippen LogP contribution in [0.2, 0.25) is 0 Å². The summed E-state index contributed by atoms with van der Waals surface area (Å²) in [4.78, 5) is 0.271. The molecule has 0 bridgehead atoms. The summed E-state index contributed by atoms with van der Waals surface area (Å²) in [5, 5.41) is 0. The average Bonchev–Trinajstić information content (AvgIpc) is 2.78. The lowest BCUT2D eigenvalue weighted by Gasteiger charge is -2.28. The van der Waals surface area contributed by atoms with E-state index >= 15 is 0 Å². The minimum Gasteiger partial charge on any atom is -0.487 e. The molecule has 0 radical (unpaired) electrons. The number of rotatable bonds is 9. The molecule has 0 unspecified atom stereocenters. The fraction of sp³-hybridized carbons (Fsp3) is 0.259. The zero-order valence-corrected chi connectivity index (χ0v) is 20.0. The van der Waals surface area contributed by atoms with Crippen molar-refractivity contribution in [3.05, 3.63) is 95.6 Å². The Balaban J connectivity index is 1.96. The molecule has 0 aliphatic rings. The third-order valence-corrected chi connectivity index (χ3v) is 6.77. The van der Waals surface area contributed by atoms with E-state index in [-0.39, 0.29) is 10.8 Å². The van der Waals surface area contributed by atoms with Gasteiger partial charge in [0.15, 0.2) is 0 Å². The summed E-state index contributed by atoms with van der Waals surface area (Å²) in [7, 11) is -3.74. The quantitative estimate of drug-likeness (QED) is 0.377. The first-order chi connectivity index (χ1) is 15.3. The van der Waals surface area contributed by atoms with Crippen LogP contribution in [0.3, 0.4) is 0 Å². The molecule has 168 valence electrons. The van der Waals surface area contributed by atoms with Crippen LogP contribution in [0, 0.1) is 12.8 Å². The highest BCUT2D eigenvalue weighted by Gasteiger charge is 2.28. The monoisotopic (exact) mass is 449 g/mol. The number of hydrogen-bond acceptors (Lipinski definition) is 3. The van der Waals surface area contributed by atoms with E-state index in [0.29, 0.717) is 24.6 Å². The first-order valence-corrected chi connectivity index (χ1v) is 12.3. The average molecular weight is 450 g/mol. The molecule has 0 saturated heterocycles. The smallest absolute Gasteiger partial charge is 0.264 e. The number of benzene rings is 3. The number of aryl methyl sites for hydroxylation is 1. The summed E-state index contributed by atoms with van der Waals surface area (Å²) >= 11 is 0. The Morgan fingerprint density at radius 1 is 0.969 bits per heavy atom. The molecule has 0 atom stereocenters. The minimum absolute atomic E-state index is 0.140. The van der Waals surface area contributed by atoms with Gasteiger partial charge in [-0.05, 0) is 60.7 Å². The molecule has 5 heteroatoms. The van der Waals surface area contributed by atoms with Crippen molar-refractivity contribution in [2.24, 2.45) is 5.92 Å². The summed E-state index contributed by atoms with van der Waals surface area (Å²) in [5.41, 5.74) is 3.68. The lowest BCUT2D eigenvalue weighted by atomic mass is 10.1. The largest absolute Gasteiger partial charge is 0.487 e. The van der Waals surface area contributed by atoms with Crippen molar-refractivity contribution in [3.63, 3.8) is 0 Å². The third kappa shape index (κ3) is 5.80. The fourth-order valence-electron chi connectivity index (χ4n) is 3.40. The first kappa shape index (κ1) is 23.6. The van der Waals surface area contributed by atoms with Gasteiger partial charge in [0.05, 0.1) is 10.6 Å². The van der Waals surface area contributed by atoms with Crippen molar-refractivity contribution in [2.75, 3.05) is 10.8 Å². The standard InChI is InChI=1S/C27H31NO3S/c1-5-9-23-13-15-24(16-14-23)20-31-27-17-12-22(4)18-26(27)28(19-21(2)3)32(29,30)25-10-7-6-8-11-25/h5-18,21H,19-20H2,1-4H3/b9-5+. The number of allylic oxidation sites excluding steroid dienone is 1. The molecular weight excluding hydrogens is 418 g/mol. The second-order valence-corrected chi connectivity index (χ2v) is 10.1. The van der Waals surface area contributed by atoms with Gasteiger partial charge in [0.1, 0.15) is 12.4 Å². The summed E-state index contributed by atoms with van der Waals surface area (Å²) in [5.74, 6) is 0.689. The molecule has 0 amide bonds. The third-order valence-electron chi connectivity index (χ3n) is 4.98. The molecule has 0 aromatic heterocycles. The fourth-order valence-corrected chi connectivity index (χ4v) is 5.05. The van der Waals surface area contributed by atoms with Crippen molar-refractivity contribution in [1.29, 1.82) is 0 Å². The van der Waals surface area contributed by atoms with Crippen LogP contribution in [0.4, 0.5) is 5.69 Å². The minimum atomic E-state index is -3.74. The summed E-state index contributed by atoms with van der Waals surface area (Å²) < 4.78 is 34.8. The Morgan fingerprint density at radius 2 is 1.66 bits per heavy atom. The molecule has 0 heterocycles. The van der Waals surface area contributed by atoms with Gasteiger partial charge in [0.25, 0.3) is 10.0 Å². The van der Waals surface area contributed by atoms with Crippen molar-refractivity contribution < 1.29 is 13.2 Å². The second-order valence-electron chi connectivity index (χ2n) is 8.24. The van der Waals surface area contributed by atoms with E-state index in [1.807, 2.05) is 88.4 Å². The molecule has 0 spiro atoms. The maximum Gasteiger partial charge on any atom is 0.264 e. The number of hydrogen-bond donors (Lipinski definition) is 0. The molecule has 0 aliphatic heterocycles. The molecule has 4 nitrogen and oxygen atoms in total. The Kier molecular flexibility index (Phi) is 7.75. The van der Waals surface area contributed by atoms with Gasteiger partial charge in [-0.2, -0.15) is 0 Å². The van der Waals surface area contributed by atoms with Crippen LogP contribution in [0.15, 0.2) is 83.8 Å². The molecule has 0 fully saturated rings. The molecular formula is C27H31NO3S. The van der Waals surface area contributed by atoms with E-state index in [4.69, 9.17) is 4.74 Å². The normalized spacial score (nSPS) is 11.8. The number of nitrogens with zero attached hydrogens (tertiary/aromatic N) is 1. The van der Waals surface area contributed by atoms with Crippen LogP contribution in [-0.2, 0) is 16.6 Å². The van der Waals surface area contributed by atoms with E-state index in [1.54, 1.807) is 24.3 Å². The summed E-state index contributed by atoms with van der Waals surface area (Å²) in [6.45, 7) is 8.67.